The summed E-state index contributed by atoms with van der Waals surface area (Å²) >= 11 is 0. The van der Waals surface area contributed by atoms with E-state index in [0.717, 1.165) is 62.0 Å². The molecule has 2 fully saturated rings. The summed E-state index contributed by atoms with van der Waals surface area (Å²) in [6, 6.07) is 8.23. The fourth-order valence-corrected chi connectivity index (χ4v) is 4.64. The molecule has 2 aromatic rings. The first-order chi connectivity index (χ1) is 15.7. The van der Waals surface area contributed by atoms with Crippen molar-refractivity contribution in [1.29, 1.82) is 0 Å². The molecule has 8 nitrogen and oxygen atoms in total. The lowest BCUT2D eigenvalue weighted by Gasteiger charge is -2.39. The van der Waals surface area contributed by atoms with Gasteiger partial charge in [0, 0.05) is 37.7 Å². The first kappa shape index (κ1) is 24.7. The fraction of sp³-hybridized carbons (Fsp3) is 0.545. The Bertz CT molecular complexity index is 982. The molecule has 1 unspecified atom stereocenters. The first-order valence-electron chi connectivity index (χ1n) is 10.7. The van der Waals surface area contributed by atoms with E-state index in [1.807, 2.05) is 17.0 Å². The van der Waals surface area contributed by atoms with Crippen molar-refractivity contribution < 1.29 is 32.6 Å². The fourth-order valence-electron chi connectivity index (χ4n) is 4.64. The van der Waals surface area contributed by atoms with Gasteiger partial charge in [-0.15, -0.1) is 0 Å². The first-order valence-corrected chi connectivity index (χ1v) is 10.7. The van der Waals surface area contributed by atoms with Crippen molar-refractivity contribution in [1.82, 2.24) is 14.9 Å². The number of carbonyl (C=O) groups excluding carboxylic acids is 1. The minimum absolute atomic E-state index is 0.0965. The molecule has 180 valence electrons. The summed E-state index contributed by atoms with van der Waals surface area (Å²) in [7, 11) is 1.58. The van der Waals surface area contributed by atoms with Gasteiger partial charge in [-0.3, -0.25) is 4.79 Å². The SMILES string of the molecule is COCC(=O)N1CCCC2(CCCN2c2ncnc3ccccc23)CC1.O=C(O)C(F)(F)F. The molecular weight excluding hydrogens is 441 g/mol. The zero-order valence-corrected chi connectivity index (χ0v) is 18.3. The van der Waals surface area contributed by atoms with E-state index in [0.29, 0.717) is 0 Å². The third-order valence-corrected chi connectivity index (χ3v) is 6.15. The van der Waals surface area contributed by atoms with Gasteiger partial charge < -0.3 is 19.6 Å². The van der Waals surface area contributed by atoms with Crippen LogP contribution in [0.15, 0.2) is 30.6 Å². The lowest BCUT2D eigenvalue weighted by molar-refractivity contribution is -0.192. The number of carboxylic acids is 1. The summed E-state index contributed by atoms with van der Waals surface area (Å²) in [6.45, 7) is 2.81. The zero-order valence-electron chi connectivity index (χ0n) is 18.3. The number of likely N-dealkylation sites (tertiary alicyclic amines) is 1. The molecule has 0 radical (unpaired) electrons. The van der Waals surface area contributed by atoms with Gasteiger partial charge in [0.1, 0.15) is 18.8 Å². The van der Waals surface area contributed by atoms with Gasteiger partial charge in [-0.2, -0.15) is 13.2 Å². The normalized spacial score (nSPS) is 21.0. The second kappa shape index (κ2) is 10.3. The summed E-state index contributed by atoms with van der Waals surface area (Å²) in [5.41, 5.74) is 1.09. The molecular formula is C22H27F3N4O4. The van der Waals surface area contributed by atoms with Gasteiger partial charge in [0.15, 0.2) is 0 Å². The number of alkyl halides is 3. The van der Waals surface area contributed by atoms with Crippen LogP contribution in [0.2, 0.25) is 0 Å². The number of benzene rings is 1. The Morgan fingerprint density at radius 2 is 1.76 bits per heavy atom. The molecule has 33 heavy (non-hydrogen) atoms. The number of rotatable bonds is 3. The number of anilines is 1. The largest absolute Gasteiger partial charge is 0.490 e. The van der Waals surface area contributed by atoms with Crippen LogP contribution in [0.5, 0.6) is 0 Å². The van der Waals surface area contributed by atoms with E-state index in [1.54, 1.807) is 13.4 Å². The van der Waals surface area contributed by atoms with E-state index in [4.69, 9.17) is 14.6 Å². The van der Waals surface area contributed by atoms with Crippen molar-refractivity contribution in [3.8, 4) is 0 Å². The molecule has 4 rings (SSSR count). The number of para-hydroxylation sites is 1. The van der Waals surface area contributed by atoms with Gasteiger partial charge >= 0.3 is 12.1 Å². The van der Waals surface area contributed by atoms with E-state index in [9.17, 15) is 18.0 Å². The summed E-state index contributed by atoms with van der Waals surface area (Å²) in [6.07, 6.45) is 2.04. The summed E-state index contributed by atoms with van der Waals surface area (Å²) in [5, 5.41) is 8.24. The molecule has 1 aromatic heterocycles. The van der Waals surface area contributed by atoms with Crippen molar-refractivity contribution >= 4 is 28.6 Å². The van der Waals surface area contributed by atoms with Gasteiger partial charge in [-0.05, 0) is 44.2 Å². The quantitative estimate of drug-likeness (QED) is 0.739. The highest BCUT2D eigenvalue weighted by molar-refractivity contribution is 5.89. The minimum Gasteiger partial charge on any atom is -0.475 e. The van der Waals surface area contributed by atoms with Crippen molar-refractivity contribution in [2.45, 2.75) is 43.8 Å². The lowest BCUT2D eigenvalue weighted by Crippen LogP contribution is -2.45. The van der Waals surface area contributed by atoms with E-state index in [-0.39, 0.29) is 18.1 Å². The number of hydrogen-bond donors (Lipinski definition) is 1. The molecule has 3 heterocycles. The Hall–Kier alpha value is -2.95. The maximum atomic E-state index is 12.2. The van der Waals surface area contributed by atoms with Crippen LogP contribution >= 0.6 is 0 Å². The molecule has 2 aliphatic heterocycles. The maximum absolute atomic E-state index is 12.2. The highest BCUT2D eigenvalue weighted by Gasteiger charge is 2.43. The topological polar surface area (TPSA) is 95.9 Å². The van der Waals surface area contributed by atoms with Crippen LogP contribution in [-0.4, -0.2) is 76.9 Å². The van der Waals surface area contributed by atoms with Crippen molar-refractivity contribution in [2.75, 3.05) is 38.3 Å². The average molecular weight is 468 g/mol. The van der Waals surface area contributed by atoms with E-state index in [2.05, 4.69) is 27.0 Å². The number of carbonyl (C=O) groups is 2. The maximum Gasteiger partial charge on any atom is 0.490 e. The second-order valence-electron chi connectivity index (χ2n) is 8.16. The third-order valence-electron chi connectivity index (χ3n) is 6.15. The number of amides is 1. The van der Waals surface area contributed by atoms with Gasteiger partial charge in [0.05, 0.1) is 5.52 Å². The van der Waals surface area contributed by atoms with Crippen LogP contribution in [0.4, 0.5) is 19.0 Å². The number of ether oxygens (including phenoxy) is 1. The molecule has 2 aliphatic rings. The van der Waals surface area contributed by atoms with Crippen LogP contribution in [0.1, 0.15) is 32.1 Å². The predicted molar refractivity (Wildman–Crippen MR) is 115 cm³/mol. The molecule has 1 aromatic carbocycles. The molecule has 0 bridgehead atoms. The predicted octanol–water partition coefficient (Wildman–Crippen LogP) is 3.26. The van der Waals surface area contributed by atoms with E-state index in [1.165, 1.54) is 6.42 Å². The van der Waals surface area contributed by atoms with Gasteiger partial charge in [-0.25, -0.2) is 14.8 Å². The van der Waals surface area contributed by atoms with Gasteiger partial charge in [0.2, 0.25) is 5.91 Å². The van der Waals surface area contributed by atoms with Gasteiger partial charge in [-0.1, -0.05) is 12.1 Å². The standard InChI is InChI=1S/C20H26N4O2.C2HF3O2/c1-26-14-18(25)23-11-4-8-20(10-13-23)9-5-12-24(20)19-16-6-2-3-7-17(16)21-15-22-19;3-2(4,5)1(6)7/h2-3,6-7,15H,4-5,8-14H2,1H3;(H,6,7). The Kier molecular flexibility index (Phi) is 7.72. The van der Waals surface area contributed by atoms with Gasteiger partial charge in [0.25, 0.3) is 0 Å². The van der Waals surface area contributed by atoms with Crippen molar-refractivity contribution in [3.63, 3.8) is 0 Å². The molecule has 1 N–H and O–H groups in total. The minimum atomic E-state index is -5.08. The van der Waals surface area contributed by atoms with Crippen LogP contribution in [0, 0.1) is 0 Å². The van der Waals surface area contributed by atoms with Crippen molar-refractivity contribution in [2.24, 2.45) is 0 Å². The van der Waals surface area contributed by atoms with Crippen LogP contribution < -0.4 is 4.90 Å². The highest BCUT2D eigenvalue weighted by atomic mass is 19.4. The van der Waals surface area contributed by atoms with Crippen LogP contribution in [0.25, 0.3) is 10.9 Å². The van der Waals surface area contributed by atoms with E-state index < -0.39 is 12.1 Å². The Morgan fingerprint density at radius 1 is 1.09 bits per heavy atom. The number of nitrogens with zero attached hydrogens (tertiary/aromatic N) is 4. The molecule has 1 spiro atoms. The van der Waals surface area contributed by atoms with Crippen LogP contribution in [0.3, 0.4) is 0 Å². The Labute approximate surface area is 189 Å². The van der Waals surface area contributed by atoms with Crippen molar-refractivity contribution in [3.05, 3.63) is 30.6 Å². The average Bonchev–Trinajstić information content (AvgIpc) is 3.05. The number of carboxylic acid groups (broad SMARTS) is 1. The zero-order chi connectivity index (χ0) is 24.1. The number of halogens is 3. The molecule has 0 saturated carbocycles. The number of fused-ring (bicyclic) bond motifs is 1. The monoisotopic (exact) mass is 468 g/mol. The second-order valence-corrected chi connectivity index (χ2v) is 8.16. The number of methoxy groups -OCH3 is 1. The number of hydrogen-bond acceptors (Lipinski definition) is 6. The molecule has 1 amide bonds. The number of aromatic nitrogens is 2. The lowest BCUT2D eigenvalue weighted by atomic mass is 9.87. The summed E-state index contributed by atoms with van der Waals surface area (Å²) in [4.78, 5) is 34.7. The molecule has 11 heteroatoms. The number of aliphatic carboxylic acids is 1. The van der Waals surface area contributed by atoms with Crippen LogP contribution in [-0.2, 0) is 14.3 Å². The molecule has 0 aliphatic carbocycles. The summed E-state index contributed by atoms with van der Waals surface area (Å²) in [5.74, 6) is -1.61. The molecule has 2 saturated heterocycles. The van der Waals surface area contributed by atoms with E-state index >= 15 is 0 Å². The highest BCUT2D eigenvalue weighted by Crippen LogP contribution is 2.42. The summed E-state index contributed by atoms with van der Waals surface area (Å²) < 4.78 is 36.8. The smallest absolute Gasteiger partial charge is 0.475 e. The Balaban J connectivity index is 0.000000383. The Morgan fingerprint density at radius 3 is 2.42 bits per heavy atom. The third kappa shape index (κ3) is 5.70. The molecule has 1 atom stereocenters.